The molecular weight excluding hydrogens is 380 g/mol. The van der Waals surface area contributed by atoms with E-state index in [2.05, 4.69) is 24.4 Å². The van der Waals surface area contributed by atoms with Gasteiger partial charge < -0.3 is 19.7 Å². The van der Waals surface area contributed by atoms with E-state index in [0.29, 0.717) is 29.0 Å². The normalized spacial score (nSPS) is 10.4. The highest BCUT2D eigenvalue weighted by atomic mass is 35.5. The van der Waals surface area contributed by atoms with Crippen molar-refractivity contribution in [1.29, 1.82) is 0 Å². The Morgan fingerprint density at radius 1 is 1.15 bits per heavy atom. The zero-order valence-corrected chi connectivity index (χ0v) is 17.7. The maximum atomic E-state index is 6.33. The zero-order valence-electron chi connectivity index (χ0n) is 16.1. The molecule has 146 valence electrons. The van der Waals surface area contributed by atoms with Gasteiger partial charge in [-0.1, -0.05) is 37.1 Å². The Labute approximate surface area is 172 Å². The molecule has 0 fully saturated rings. The number of anilines is 1. The Kier molecular flexibility index (Phi) is 8.69. The molecule has 0 amide bonds. The van der Waals surface area contributed by atoms with Gasteiger partial charge in [-0.05, 0) is 61.5 Å². The fourth-order valence-corrected chi connectivity index (χ4v) is 3.14. The molecule has 0 saturated heterocycles. The largest absolute Gasteiger partial charge is 0.495 e. The Balaban J connectivity index is 2.23. The van der Waals surface area contributed by atoms with E-state index in [0.717, 1.165) is 36.4 Å². The number of hydrogen-bond donors (Lipinski definition) is 1. The van der Waals surface area contributed by atoms with Gasteiger partial charge in [-0.25, -0.2) is 0 Å². The fraction of sp³-hybridized carbons (Fsp3) is 0.381. The number of ether oxygens (including phenoxy) is 2. The molecule has 0 aliphatic carbocycles. The van der Waals surface area contributed by atoms with Gasteiger partial charge >= 0.3 is 0 Å². The average Bonchev–Trinajstić information content (AvgIpc) is 2.67. The number of hydrogen-bond acceptors (Lipinski definition) is 3. The van der Waals surface area contributed by atoms with Crippen LogP contribution >= 0.6 is 23.8 Å². The van der Waals surface area contributed by atoms with Crippen LogP contribution in [0.3, 0.4) is 0 Å². The van der Waals surface area contributed by atoms with Crippen LogP contribution in [0.2, 0.25) is 5.02 Å². The van der Waals surface area contributed by atoms with E-state index in [-0.39, 0.29) is 0 Å². The zero-order chi connectivity index (χ0) is 19.6. The van der Waals surface area contributed by atoms with Crippen LogP contribution in [0.1, 0.15) is 32.3 Å². The van der Waals surface area contributed by atoms with E-state index in [4.69, 9.17) is 33.3 Å². The van der Waals surface area contributed by atoms with Crippen molar-refractivity contribution >= 4 is 34.6 Å². The molecule has 1 N–H and O–H groups in total. The Morgan fingerprint density at radius 3 is 2.48 bits per heavy atom. The van der Waals surface area contributed by atoms with Gasteiger partial charge in [-0.15, -0.1) is 0 Å². The van der Waals surface area contributed by atoms with Crippen molar-refractivity contribution in [3.63, 3.8) is 0 Å². The number of benzene rings is 2. The molecule has 0 saturated carbocycles. The number of halogens is 1. The second-order valence-electron chi connectivity index (χ2n) is 6.07. The SMILES string of the molecule is CCCCNC(=S)N(Cc1ccc(OCC)cc1)c1ccc(OC)c(Cl)c1. The molecule has 0 aromatic heterocycles. The summed E-state index contributed by atoms with van der Waals surface area (Å²) in [4.78, 5) is 2.05. The molecule has 27 heavy (non-hydrogen) atoms. The highest BCUT2D eigenvalue weighted by Crippen LogP contribution is 2.30. The fourth-order valence-electron chi connectivity index (χ4n) is 2.61. The molecule has 0 unspecified atom stereocenters. The van der Waals surface area contributed by atoms with Gasteiger partial charge in [0, 0.05) is 12.2 Å². The molecule has 2 aromatic carbocycles. The van der Waals surface area contributed by atoms with Crippen LogP contribution < -0.4 is 19.7 Å². The van der Waals surface area contributed by atoms with Crippen LogP contribution in [0.5, 0.6) is 11.5 Å². The van der Waals surface area contributed by atoms with E-state index < -0.39 is 0 Å². The van der Waals surface area contributed by atoms with Crippen molar-refractivity contribution in [1.82, 2.24) is 5.32 Å². The topological polar surface area (TPSA) is 33.7 Å². The van der Waals surface area contributed by atoms with Crippen molar-refractivity contribution in [2.75, 3.05) is 25.2 Å². The summed E-state index contributed by atoms with van der Waals surface area (Å²) >= 11 is 12.0. The number of thiocarbonyl (C=S) groups is 1. The minimum Gasteiger partial charge on any atom is -0.495 e. The first-order chi connectivity index (χ1) is 13.1. The van der Waals surface area contributed by atoms with Gasteiger partial charge in [0.25, 0.3) is 0 Å². The van der Waals surface area contributed by atoms with E-state index in [1.807, 2.05) is 42.2 Å². The van der Waals surface area contributed by atoms with Crippen molar-refractivity contribution in [3.05, 3.63) is 53.1 Å². The second kappa shape index (κ2) is 11.0. The predicted molar refractivity (Wildman–Crippen MR) is 117 cm³/mol. The molecule has 0 heterocycles. The first-order valence-corrected chi connectivity index (χ1v) is 9.98. The lowest BCUT2D eigenvalue weighted by Crippen LogP contribution is -2.39. The molecule has 0 aliphatic heterocycles. The van der Waals surface area contributed by atoms with Crippen molar-refractivity contribution in [3.8, 4) is 11.5 Å². The molecule has 2 aromatic rings. The first-order valence-electron chi connectivity index (χ1n) is 9.19. The van der Waals surface area contributed by atoms with Crippen LogP contribution in [0, 0.1) is 0 Å². The third-order valence-corrected chi connectivity index (χ3v) is 4.73. The highest BCUT2D eigenvalue weighted by molar-refractivity contribution is 7.80. The van der Waals surface area contributed by atoms with Crippen molar-refractivity contribution in [2.45, 2.75) is 33.2 Å². The molecule has 0 atom stereocenters. The summed E-state index contributed by atoms with van der Waals surface area (Å²) < 4.78 is 10.8. The predicted octanol–water partition coefficient (Wildman–Crippen LogP) is 5.43. The van der Waals surface area contributed by atoms with Gasteiger partial charge in [0.2, 0.25) is 0 Å². The standard InChI is InChI=1S/C21H27ClN2O2S/c1-4-6-13-23-21(27)24(17-9-12-20(25-3)19(22)14-17)15-16-7-10-18(11-8-16)26-5-2/h7-12,14H,4-6,13,15H2,1-3H3,(H,23,27). The molecular formula is C21H27ClN2O2S. The van der Waals surface area contributed by atoms with Crippen molar-refractivity contribution < 1.29 is 9.47 Å². The molecule has 6 heteroatoms. The van der Waals surface area contributed by atoms with E-state index in [9.17, 15) is 0 Å². The molecule has 0 aliphatic rings. The van der Waals surface area contributed by atoms with Gasteiger partial charge in [-0.3, -0.25) is 0 Å². The summed E-state index contributed by atoms with van der Waals surface area (Å²) in [6.07, 6.45) is 2.18. The minimum absolute atomic E-state index is 0.558. The molecule has 0 bridgehead atoms. The van der Waals surface area contributed by atoms with E-state index >= 15 is 0 Å². The van der Waals surface area contributed by atoms with E-state index in [1.54, 1.807) is 7.11 Å². The smallest absolute Gasteiger partial charge is 0.173 e. The van der Waals surface area contributed by atoms with Crippen LogP contribution in [-0.2, 0) is 6.54 Å². The second-order valence-corrected chi connectivity index (χ2v) is 6.86. The van der Waals surface area contributed by atoms with Crippen LogP contribution in [0.25, 0.3) is 0 Å². The number of unbranched alkanes of at least 4 members (excludes halogenated alkanes) is 1. The highest BCUT2D eigenvalue weighted by Gasteiger charge is 2.15. The monoisotopic (exact) mass is 406 g/mol. The van der Waals surface area contributed by atoms with Gasteiger partial charge in [0.1, 0.15) is 11.5 Å². The third-order valence-electron chi connectivity index (χ3n) is 4.07. The lowest BCUT2D eigenvalue weighted by Gasteiger charge is -2.27. The molecule has 4 nitrogen and oxygen atoms in total. The van der Waals surface area contributed by atoms with Gasteiger partial charge in [0.15, 0.2) is 5.11 Å². The maximum absolute atomic E-state index is 6.33. The quantitative estimate of drug-likeness (QED) is 0.443. The number of rotatable bonds is 9. The summed E-state index contributed by atoms with van der Waals surface area (Å²) in [7, 11) is 1.61. The van der Waals surface area contributed by atoms with Crippen molar-refractivity contribution in [2.24, 2.45) is 0 Å². The Morgan fingerprint density at radius 2 is 1.89 bits per heavy atom. The van der Waals surface area contributed by atoms with E-state index in [1.165, 1.54) is 0 Å². The molecule has 2 rings (SSSR count). The lowest BCUT2D eigenvalue weighted by molar-refractivity contribution is 0.340. The number of methoxy groups -OCH3 is 1. The number of nitrogens with one attached hydrogen (secondary N) is 1. The third kappa shape index (κ3) is 6.29. The minimum atomic E-state index is 0.558. The summed E-state index contributed by atoms with van der Waals surface area (Å²) in [6.45, 7) is 6.27. The number of nitrogens with zero attached hydrogens (tertiary/aromatic N) is 1. The summed E-state index contributed by atoms with van der Waals surface area (Å²) in [5, 5.41) is 4.58. The Bertz CT molecular complexity index is 737. The summed E-state index contributed by atoms with van der Waals surface area (Å²) in [5.74, 6) is 1.51. The molecule has 0 radical (unpaired) electrons. The molecule has 0 spiro atoms. The van der Waals surface area contributed by atoms with Crippen LogP contribution in [0.15, 0.2) is 42.5 Å². The first kappa shape index (κ1) is 21.3. The average molecular weight is 407 g/mol. The maximum Gasteiger partial charge on any atom is 0.173 e. The lowest BCUT2D eigenvalue weighted by atomic mass is 10.2. The summed E-state index contributed by atoms with van der Waals surface area (Å²) in [6, 6.07) is 13.8. The Hall–Kier alpha value is -1.98. The summed E-state index contributed by atoms with van der Waals surface area (Å²) in [5.41, 5.74) is 2.05. The van der Waals surface area contributed by atoms with Gasteiger partial charge in [-0.2, -0.15) is 0 Å². The van der Waals surface area contributed by atoms with Crippen LogP contribution in [0.4, 0.5) is 5.69 Å². The van der Waals surface area contributed by atoms with Gasteiger partial charge in [0.05, 0.1) is 25.3 Å². The van der Waals surface area contributed by atoms with Crippen LogP contribution in [-0.4, -0.2) is 25.4 Å².